The van der Waals surface area contributed by atoms with Gasteiger partial charge in [-0.2, -0.15) is 0 Å². The smallest absolute Gasteiger partial charge is 0.101 e. The summed E-state index contributed by atoms with van der Waals surface area (Å²) in [6.45, 7) is 3.30. The van der Waals surface area contributed by atoms with E-state index in [2.05, 4.69) is 66.5 Å². The van der Waals surface area contributed by atoms with Crippen molar-refractivity contribution in [3.05, 3.63) is 48.3 Å². The van der Waals surface area contributed by atoms with Gasteiger partial charge in [-0.1, -0.05) is 82.2 Å². The van der Waals surface area contributed by atoms with E-state index < -0.39 is 0 Å². The second-order valence-corrected chi connectivity index (χ2v) is 6.87. The second-order valence-electron chi connectivity index (χ2n) is 6.87. The Morgan fingerprint density at radius 1 is 0.826 bits per heavy atom. The molecule has 1 aliphatic rings. The van der Waals surface area contributed by atoms with E-state index in [9.17, 15) is 0 Å². The molecule has 0 fully saturated rings. The summed E-state index contributed by atoms with van der Waals surface area (Å²) in [7, 11) is 2.21. The van der Waals surface area contributed by atoms with Crippen LogP contribution in [0, 0.1) is 0 Å². The molecule has 0 spiro atoms. The van der Waals surface area contributed by atoms with Crippen LogP contribution in [0.5, 0.6) is 0 Å². The third-order valence-electron chi connectivity index (χ3n) is 4.87. The first-order valence-electron chi connectivity index (χ1n) is 9.51. The molecule has 2 heteroatoms. The van der Waals surface area contributed by atoms with Crippen LogP contribution in [-0.4, -0.2) is 23.0 Å². The molecule has 0 aromatic heterocycles. The number of hydrogen-bond donors (Lipinski definition) is 0. The minimum atomic E-state index is 0.537. The highest BCUT2D eigenvalue weighted by atomic mass is 15.4. The van der Waals surface area contributed by atoms with Gasteiger partial charge in [-0.25, -0.2) is 0 Å². The number of unbranched alkanes of at least 4 members (excludes halogenated alkanes) is 7. The van der Waals surface area contributed by atoms with E-state index in [0.29, 0.717) is 6.17 Å². The highest BCUT2D eigenvalue weighted by Crippen LogP contribution is 2.22. The Hall–Kier alpha value is -1.44. The number of nitrogens with zero attached hydrogens (tertiary/aromatic N) is 2. The maximum absolute atomic E-state index is 2.48. The maximum Gasteiger partial charge on any atom is 0.101 e. The molecule has 0 saturated heterocycles. The van der Waals surface area contributed by atoms with Crippen molar-refractivity contribution in [1.82, 2.24) is 9.80 Å². The average molecular weight is 315 g/mol. The fourth-order valence-corrected chi connectivity index (χ4v) is 3.41. The van der Waals surface area contributed by atoms with Crippen molar-refractivity contribution in [2.75, 3.05) is 7.05 Å². The summed E-state index contributed by atoms with van der Waals surface area (Å²) >= 11 is 0. The predicted molar refractivity (Wildman–Crippen MR) is 99.9 cm³/mol. The van der Waals surface area contributed by atoms with E-state index in [0.717, 1.165) is 6.54 Å². The quantitative estimate of drug-likeness (QED) is 0.479. The van der Waals surface area contributed by atoms with Gasteiger partial charge >= 0.3 is 0 Å². The summed E-state index contributed by atoms with van der Waals surface area (Å²) in [6.07, 6.45) is 17.5. The third kappa shape index (κ3) is 6.29. The lowest BCUT2D eigenvalue weighted by molar-refractivity contribution is 0.155. The first-order chi connectivity index (χ1) is 11.3. The Labute approximate surface area is 143 Å². The monoisotopic (exact) mass is 314 g/mol. The van der Waals surface area contributed by atoms with E-state index in [1.54, 1.807) is 0 Å². The van der Waals surface area contributed by atoms with Crippen LogP contribution in [0.4, 0.5) is 0 Å². The molecule has 0 N–H and O–H groups in total. The molecule has 0 amide bonds. The van der Waals surface area contributed by atoms with Gasteiger partial charge in [-0.05, 0) is 18.4 Å². The number of benzene rings is 1. The first-order valence-corrected chi connectivity index (χ1v) is 9.51. The summed E-state index contributed by atoms with van der Waals surface area (Å²) in [6, 6.07) is 10.8. The van der Waals surface area contributed by atoms with Gasteiger partial charge in [0.15, 0.2) is 0 Å². The second kappa shape index (κ2) is 10.4. The van der Waals surface area contributed by atoms with Gasteiger partial charge in [0, 0.05) is 26.0 Å². The third-order valence-corrected chi connectivity index (χ3v) is 4.87. The Morgan fingerprint density at radius 2 is 1.48 bits per heavy atom. The largest absolute Gasteiger partial charge is 0.359 e. The molecule has 0 aliphatic carbocycles. The molecular formula is C21H34N2. The van der Waals surface area contributed by atoms with Crippen LogP contribution < -0.4 is 0 Å². The van der Waals surface area contributed by atoms with Crippen LogP contribution in [0.1, 0.15) is 70.3 Å². The van der Waals surface area contributed by atoms with E-state index in [1.165, 1.54) is 63.4 Å². The number of rotatable bonds is 11. The van der Waals surface area contributed by atoms with Crippen molar-refractivity contribution >= 4 is 0 Å². The van der Waals surface area contributed by atoms with Gasteiger partial charge in [0.1, 0.15) is 6.17 Å². The van der Waals surface area contributed by atoms with Crippen LogP contribution >= 0.6 is 0 Å². The average Bonchev–Trinajstić information content (AvgIpc) is 2.91. The van der Waals surface area contributed by atoms with Crippen LogP contribution in [0.15, 0.2) is 42.7 Å². The highest BCUT2D eigenvalue weighted by molar-refractivity contribution is 5.15. The Bertz CT molecular complexity index is 440. The van der Waals surface area contributed by atoms with E-state index in [4.69, 9.17) is 0 Å². The fraction of sp³-hybridized carbons (Fsp3) is 0.619. The molecule has 2 nitrogen and oxygen atoms in total. The van der Waals surface area contributed by atoms with Gasteiger partial charge in [-0.15, -0.1) is 0 Å². The van der Waals surface area contributed by atoms with Crippen LogP contribution in [0.3, 0.4) is 0 Å². The molecule has 0 saturated carbocycles. The van der Waals surface area contributed by atoms with Crippen molar-refractivity contribution in [1.29, 1.82) is 0 Å². The van der Waals surface area contributed by atoms with Crippen molar-refractivity contribution in [3.63, 3.8) is 0 Å². The summed E-state index contributed by atoms with van der Waals surface area (Å²) < 4.78 is 0. The molecule has 0 bridgehead atoms. The highest BCUT2D eigenvalue weighted by Gasteiger charge is 2.22. The van der Waals surface area contributed by atoms with Crippen LogP contribution in [-0.2, 0) is 6.54 Å². The van der Waals surface area contributed by atoms with Gasteiger partial charge in [-0.3, -0.25) is 0 Å². The summed E-state index contributed by atoms with van der Waals surface area (Å²) in [5.74, 6) is 0. The van der Waals surface area contributed by atoms with Crippen LogP contribution in [0.2, 0.25) is 0 Å². The van der Waals surface area contributed by atoms with E-state index in [1.807, 2.05) is 0 Å². The molecule has 1 aromatic rings. The lowest BCUT2D eigenvalue weighted by atomic mass is 10.1. The normalized spacial score (nSPS) is 17.2. The maximum atomic E-state index is 2.48. The van der Waals surface area contributed by atoms with Gasteiger partial charge < -0.3 is 9.80 Å². The van der Waals surface area contributed by atoms with Gasteiger partial charge in [0.2, 0.25) is 0 Å². The number of hydrogen-bond acceptors (Lipinski definition) is 2. The molecule has 23 heavy (non-hydrogen) atoms. The van der Waals surface area contributed by atoms with Crippen molar-refractivity contribution in [2.24, 2.45) is 0 Å². The van der Waals surface area contributed by atoms with Gasteiger partial charge in [0.05, 0.1) is 0 Å². The SMILES string of the molecule is CCCCCCCCCCC1N(C)C=CN1Cc1ccccc1. The fourth-order valence-electron chi connectivity index (χ4n) is 3.41. The van der Waals surface area contributed by atoms with E-state index >= 15 is 0 Å². The van der Waals surface area contributed by atoms with Crippen LogP contribution in [0.25, 0.3) is 0 Å². The zero-order chi connectivity index (χ0) is 16.3. The van der Waals surface area contributed by atoms with Crippen molar-refractivity contribution in [3.8, 4) is 0 Å². The molecular weight excluding hydrogens is 280 g/mol. The standard InChI is InChI=1S/C21H34N2/c1-3-4-5-6-7-8-9-13-16-21-22(2)17-18-23(21)19-20-14-11-10-12-15-20/h10-12,14-15,17-18,21H,3-9,13,16,19H2,1-2H3. The predicted octanol–water partition coefficient (Wildman–Crippen LogP) is 5.76. The molecule has 1 unspecified atom stereocenters. The van der Waals surface area contributed by atoms with Crippen molar-refractivity contribution in [2.45, 2.75) is 77.4 Å². The van der Waals surface area contributed by atoms with Crippen molar-refractivity contribution < 1.29 is 0 Å². The first kappa shape index (κ1) is 17.9. The summed E-state index contributed by atoms with van der Waals surface area (Å²) in [4.78, 5) is 4.85. The van der Waals surface area contributed by atoms with E-state index in [-0.39, 0.29) is 0 Å². The molecule has 128 valence electrons. The lowest BCUT2D eigenvalue weighted by Gasteiger charge is -2.30. The molecule has 1 atom stereocenters. The zero-order valence-electron chi connectivity index (χ0n) is 15.1. The summed E-state index contributed by atoms with van der Waals surface area (Å²) in [5, 5.41) is 0. The minimum absolute atomic E-state index is 0.537. The Kier molecular flexibility index (Phi) is 8.06. The molecule has 1 aromatic carbocycles. The Morgan fingerprint density at radius 3 is 2.17 bits per heavy atom. The molecule has 2 rings (SSSR count). The molecule has 1 aliphatic heterocycles. The molecule has 1 heterocycles. The molecule has 0 radical (unpaired) electrons. The summed E-state index contributed by atoms with van der Waals surface area (Å²) in [5.41, 5.74) is 1.40. The minimum Gasteiger partial charge on any atom is -0.359 e. The Balaban J connectivity index is 1.64. The topological polar surface area (TPSA) is 6.48 Å². The lowest BCUT2D eigenvalue weighted by Crippen LogP contribution is -2.36. The van der Waals surface area contributed by atoms with Gasteiger partial charge in [0.25, 0.3) is 0 Å². The zero-order valence-corrected chi connectivity index (χ0v) is 15.1.